The predicted molar refractivity (Wildman–Crippen MR) is 99.5 cm³/mol. The number of benzene rings is 1. The zero-order chi connectivity index (χ0) is 18.7. The molecule has 0 saturated carbocycles. The second kappa shape index (κ2) is 8.06. The number of rotatable bonds is 4. The van der Waals surface area contributed by atoms with Crippen LogP contribution in [0.25, 0.3) is 0 Å². The van der Waals surface area contributed by atoms with Gasteiger partial charge in [-0.2, -0.15) is 4.31 Å². The number of hydrogen-bond acceptors (Lipinski definition) is 4. The van der Waals surface area contributed by atoms with Crippen LogP contribution in [0.15, 0.2) is 29.2 Å². The summed E-state index contributed by atoms with van der Waals surface area (Å²) in [5.74, 6) is 0.321. The number of carbonyl (C=O) groups excluding carboxylic acids is 1. The van der Waals surface area contributed by atoms with Gasteiger partial charge < -0.3 is 9.64 Å². The van der Waals surface area contributed by atoms with E-state index < -0.39 is 10.0 Å². The minimum Gasteiger partial charge on any atom is -0.379 e. The molecule has 1 unspecified atom stereocenters. The molecule has 0 N–H and O–H groups in total. The number of nitrogens with zero attached hydrogens (tertiary/aromatic N) is 2. The number of likely N-dealkylation sites (tertiary alicyclic amines) is 1. The van der Waals surface area contributed by atoms with Crippen LogP contribution in [0.3, 0.4) is 0 Å². The fourth-order valence-corrected chi connectivity index (χ4v) is 5.25. The van der Waals surface area contributed by atoms with E-state index in [0.717, 1.165) is 25.8 Å². The van der Waals surface area contributed by atoms with E-state index >= 15 is 0 Å². The van der Waals surface area contributed by atoms with Gasteiger partial charge in [-0.15, -0.1) is 0 Å². The van der Waals surface area contributed by atoms with Crippen LogP contribution >= 0.6 is 0 Å². The maximum atomic E-state index is 13.1. The first-order valence-electron chi connectivity index (χ1n) is 9.40. The van der Waals surface area contributed by atoms with Crippen molar-refractivity contribution in [1.29, 1.82) is 0 Å². The van der Waals surface area contributed by atoms with Crippen LogP contribution in [0.2, 0.25) is 0 Å². The molecule has 1 amide bonds. The van der Waals surface area contributed by atoms with Crippen LogP contribution < -0.4 is 0 Å². The molecular weight excluding hydrogens is 352 g/mol. The van der Waals surface area contributed by atoms with Crippen molar-refractivity contribution in [3.05, 3.63) is 29.8 Å². The van der Waals surface area contributed by atoms with Crippen molar-refractivity contribution in [3.8, 4) is 0 Å². The number of ether oxygens (including phenoxy) is 1. The summed E-state index contributed by atoms with van der Waals surface area (Å²) >= 11 is 0. The van der Waals surface area contributed by atoms with Gasteiger partial charge in [0.15, 0.2) is 0 Å². The van der Waals surface area contributed by atoms with Gasteiger partial charge in [-0.3, -0.25) is 4.79 Å². The molecule has 0 aliphatic carbocycles. The van der Waals surface area contributed by atoms with Gasteiger partial charge >= 0.3 is 0 Å². The van der Waals surface area contributed by atoms with Crippen molar-refractivity contribution in [2.45, 2.75) is 44.0 Å². The molecule has 6 nitrogen and oxygen atoms in total. The summed E-state index contributed by atoms with van der Waals surface area (Å²) in [6, 6.07) is 6.69. The Labute approximate surface area is 156 Å². The van der Waals surface area contributed by atoms with E-state index in [1.54, 1.807) is 18.2 Å². The Morgan fingerprint density at radius 2 is 1.88 bits per heavy atom. The second-order valence-electron chi connectivity index (χ2n) is 7.35. The summed E-state index contributed by atoms with van der Waals surface area (Å²) in [6.45, 7) is 6.51. The van der Waals surface area contributed by atoms with E-state index in [-0.39, 0.29) is 16.8 Å². The highest BCUT2D eigenvalue weighted by atomic mass is 32.2. The van der Waals surface area contributed by atoms with Gasteiger partial charge in [0.05, 0.1) is 18.1 Å². The summed E-state index contributed by atoms with van der Waals surface area (Å²) in [5, 5.41) is 0. The Kier molecular flexibility index (Phi) is 5.99. The van der Waals surface area contributed by atoms with E-state index in [1.165, 1.54) is 10.4 Å². The van der Waals surface area contributed by atoms with Crippen LogP contribution in [0.5, 0.6) is 0 Å². The number of sulfonamides is 1. The third kappa shape index (κ3) is 3.94. The van der Waals surface area contributed by atoms with Crippen LogP contribution in [0, 0.1) is 5.92 Å². The molecule has 2 aliphatic rings. The topological polar surface area (TPSA) is 66.9 Å². The van der Waals surface area contributed by atoms with Crippen LogP contribution in [-0.4, -0.2) is 62.4 Å². The lowest BCUT2D eigenvalue weighted by molar-refractivity contribution is 0.0543. The first kappa shape index (κ1) is 19.3. The highest BCUT2D eigenvalue weighted by Crippen LogP contribution is 2.26. The molecule has 2 heterocycles. The number of hydrogen-bond donors (Lipinski definition) is 0. The second-order valence-corrected chi connectivity index (χ2v) is 9.29. The third-order valence-electron chi connectivity index (χ3n) is 5.27. The lowest BCUT2D eigenvalue weighted by Crippen LogP contribution is -2.46. The van der Waals surface area contributed by atoms with E-state index in [1.807, 2.05) is 4.90 Å². The van der Waals surface area contributed by atoms with Crippen LogP contribution in [0.4, 0.5) is 0 Å². The fourth-order valence-electron chi connectivity index (χ4n) is 3.79. The largest absolute Gasteiger partial charge is 0.379 e. The SMILES string of the molecule is CC(C)C1CCCCN1C(=O)c1cccc(S(=O)(=O)N2CCOCC2)c1. The van der Waals surface area contributed by atoms with Crippen molar-refractivity contribution in [3.63, 3.8) is 0 Å². The molecule has 0 radical (unpaired) electrons. The lowest BCUT2D eigenvalue weighted by Gasteiger charge is -2.38. The van der Waals surface area contributed by atoms with Crippen LogP contribution in [0.1, 0.15) is 43.5 Å². The molecule has 2 saturated heterocycles. The Balaban J connectivity index is 1.85. The predicted octanol–water partition coefficient (Wildman–Crippen LogP) is 2.36. The molecule has 1 aromatic rings. The van der Waals surface area contributed by atoms with E-state index in [0.29, 0.717) is 37.8 Å². The molecule has 2 fully saturated rings. The van der Waals surface area contributed by atoms with Gasteiger partial charge in [-0.25, -0.2) is 8.42 Å². The summed E-state index contributed by atoms with van der Waals surface area (Å²) in [6.07, 6.45) is 3.15. The van der Waals surface area contributed by atoms with E-state index in [9.17, 15) is 13.2 Å². The summed E-state index contributed by atoms with van der Waals surface area (Å²) in [7, 11) is -3.60. The summed E-state index contributed by atoms with van der Waals surface area (Å²) in [5.41, 5.74) is 0.451. The van der Waals surface area contributed by atoms with Crippen molar-refractivity contribution >= 4 is 15.9 Å². The Hall–Kier alpha value is -1.44. The minimum atomic E-state index is -3.60. The van der Waals surface area contributed by atoms with Gasteiger partial charge in [-0.1, -0.05) is 19.9 Å². The number of piperidine rings is 1. The number of carbonyl (C=O) groups is 1. The number of morpholine rings is 1. The van der Waals surface area contributed by atoms with Crippen LogP contribution in [-0.2, 0) is 14.8 Å². The molecule has 2 aliphatic heterocycles. The third-order valence-corrected chi connectivity index (χ3v) is 7.16. The molecule has 0 spiro atoms. The van der Waals surface area contributed by atoms with Crippen molar-refractivity contribution < 1.29 is 17.9 Å². The van der Waals surface area contributed by atoms with Crippen molar-refractivity contribution in [2.24, 2.45) is 5.92 Å². The summed E-state index contributed by atoms with van der Waals surface area (Å²) < 4.78 is 32.4. The van der Waals surface area contributed by atoms with E-state index in [4.69, 9.17) is 4.74 Å². The Bertz CT molecular complexity index is 742. The fraction of sp³-hybridized carbons (Fsp3) is 0.632. The average molecular weight is 381 g/mol. The minimum absolute atomic E-state index is 0.0672. The standard InChI is InChI=1S/C19H28N2O4S/c1-15(2)18-8-3-4-9-21(18)19(22)16-6-5-7-17(14-16)26(23,24)20-10-12-25-13-11-20/h5-7,14-15,18H,3-4,8-13H2,1-2H3. The first-order valence-corrected chi connectivity index (χ1v) is 10.8. The molecule has 0 bridgehead atoms. The first-order chi connectivity index (χ1) is 12.4. The van der Waals surface area contributed by atoms with Gasteiger partial charge in [0.1, 0.15) is 0 Å². The van der Waals surface area contributed by atoms with Gasteiger partial charge in [0, 0.05) is 31.2 Å². The molecule has 3 rings (SSSR count). The molecule has 1 atom stereocenters. The zero-order valence-corrected chi connectivity index (χ0v) is 16.4. The summed E-state index contributed by atoms with van der Waals surface area (Å²) in [4.78, 5) is 15.2. The van der Waals surface area contributed by atoms with Gasteiger partial charge in [-0.05, 0) is 43.4 Å². The van der Waals surface area contributed by atoms with E-state index in [2.05, 4.69) is 13.8 Å². The zero-order valence-electron chi connectivity index (χ0n) is 15.6. The highest BCUT2D eigenvalue weighted by Gasteiger charge is 2.31. The lowest BCUT2D eigenvalue weighted by atomic mass is 9.92. The normalized spacial score (nSPS) is 22.6. The monoisotopic (exact) mass is 380 g/mol. The van der Waals surface area contributed by atoms with Crippen molar-refractivity contribution in [2.75, 3.05) is 32.8 Å². The maximum absolute atomic E-state index is 13.1. The molecule has 26 heavy (non-hydrogen) atoms. The maximum Gasteiger partial charge on any atom is 0.254 e. The van der Waals surface area contributed by atoms with Crippen molar-refractivity contribution in [1.82, 2.24) is 9.21 Å². The number of amides is 1. The Morgan fingerprint density at radius 1 is 1.15 bits per heavy atom. The smallest absolute Gasteiger partial charge is 0.254 e. The Morgan fingerprint density at radius 3 is 2.58 bits per heavy atom. The van der Waals surface area contributed by atoms with Gasteiger partial charge in [0.25, 0.3) is 5.91 Å². The molecule has 0 aromatic heterocycles. The van der Waals surface area contributed by atoms with Gasteiger partial charge in [0.2, 0.25) is 10.0 Å². The molecular formula is C19H28N2O4S. The molecule has 144 valence electrons. The molecule has 1 aromatic carbocycles. The highest BCUT2D eigenvalue weighted by molar-refractivity contribution is 7.89. The molecule has 7 heteroatoms. The average Bonchev–Trinajstić information content (AvgIpc) is 2.68. The quantitative estimate of drug-likeness (QED) is 0.804.